The van der Waals surface area contributed by atoms with Crippen LogP contribution in [0, 0.1) is 11.7 Å². The first-order valence-electron chi connectivity index (χ1n) is 13.0. The van der Waals surface area contributed by atoms with E-state index in [1.54, 1.807) is 12.4 Å². The van der Waals surface area contributed by atoms with Crippen LogP contribution in [-0.2, 0) is 4.74 Å². The molecule has 0 aliphatic carbocycles. The minimum Gasteiger partial charge on any atom is -0.444 e. The van der Waals surface area contributed by atoms with E-state index in [9.17, 15) is 18.8 Å². The third-order valence-corrected chi connectivity index (χ3v) is 11.4. The molecule has 0 aromatic carbocycles. The average molecular weight is 625 g/mol. The first-order valence-corrected chi connectivity index (χ1v) is 16.7. The molecule has 39 heavy (non-hydrogen) atoms. The van der Waals surface area contributed by atoms with Gasteiger partial charge in [-0.05, 0) is 91.8 Å². The summed E-state index contributed by atoms with van der Waals surface area (Å²) in [7, 11) is -2.47. The van der Waals surface area contributed by atoms with Gasteiger partial charge in [-0.2, -0.15) is 0 Å². The maximum atomic E-state index is 13.6. The van der Waals surface area contributed by atoms with Gasteiger partial charge in [0.2, 0.25) is 0 Å². The Bertz CT molecular complexity index is 1200. The van der Waals surface area contributed by atoms with Crippen molar-refractivity contribution in [1.29, 1.82) is 0 Å². The second-order valence-electron chi connectivity index (χ2n) is 12.2. The molecule has 3 N–H and O–H groups in total. The Kier molecular flexibility index (Phi) is 9.44. The molecule has 1 fully saturated rings. The Morgan fingerprint density at radius 2 is 1.92 bits per heavy atom. The van der Waals surface area contributed by atoms with Gasteiger partial charge in [-0.3, -0.25) is 9.78 Å². The van der Waals surface area contributed by atoms with E-state index in [4.69, 9.17) is 4.74 Å². The largest absolute Gasteiger partial charge is 0.444 e. The first kappa shape index (κ1) is 31.0. The molecule has 214 valence electrons. The summed E-state index contributed by atoms with van der Waals surface area (Å²) in [6.45, 7) is 14.7. The van der Waals surface area contributed by atoms with Gasteiger partial charge in [0, 0.05) is 19.3 Å². The van der Waals surface area contributed by atoms with E-state index < -0.39 is 31.7 Å². The van der Waals surface area contributed by atoms with Crippen LogP contribution in [0.1, 0.15) is 57.9 Å². The molecule has 3 heterocycles. The van der Waals surface area contributed by atoms with Crippen molar-refractivity contribution < 1.29 is 23.5 Å². The van der Waals surface area contributed by atoms with Crippen LogP contribution in [0.3, 0.4) is 0 Å². The molecule has 9 nitrogen and oxygen atoms in total. The van der Waals surface area contributed by atoms with E-state index in [-0.39, 0.29) is 27.3 Å². The fourth-order valence-electron chi connectivity index (χ4n) is 4.48. The maximum absolute atomic E-state index is 13.6. The topological polar surface area (TPSA) is 117 Å². The van der Waals surface area contributed by atoms with Gasteiger partial charge in [0.15, 0.2) is 14.1 Å². The Hall–Kier alpha value is -2.57. The minimum absolute atomic E-state index is 0.0447. The highest BCUT2D eigenvalue weighted by molar-refractivity contribution is 9.10. The van der Waals surface area contributed by atoms with E-state index >= 15 is 0 Å². The molecule has 1 aliphatic rings. The molecule has 2 aromatic rings. The molecule has 0 bridgehead atoms. The number of piperidine rings is 1. The molecular formula is C27H39BrFN5O4Si. The van der Waals surface area contributed by atoms with Crippen LogP contribution >= 0.6 is 15.9 Å². The molecule has 2 amide bonds. The van der Waals surface area contributed by atoms with Gasteiger partial charge in [0.1, 0.15) is 15.9 Å². The summed E-state index contributed by atoms with van der Waals surface area (Å²) < 4.78 is 19.1. The van der Waals surface area contributed by atoms with E-state index in [0.717, 1.165) is 18.5 Å². The number of ether oxygens (including phenoxy) is 1. The SMILES string of the molecule is CC(C)(C)OC(=O)NC1CN(c2ccncc2NC(=O)c2ccc(F)c(Br)n2)CC[C@H]1CC(C)(C)[Si](C)(C)O. The fourth-order valence-corrected chi connectivity index (χ4v) is 5.57. The molecule has 1 saturated heterocycles. The van der Waals surface area contributed by atoms with Crippen LogP contribution < -0.4 is 15.5 Å². The van der Waals surface area contributed by atoms with Crippen molar-refractivity contribution in [3.8, 4) is 0 Å². The van der Waals surface area contributed by atoms with Gasteiger partial charge in [0.05, 0.1) is 23.6 Å². The lowest BCUT2D eigenvalue weighted by atomic mass is 9.84. The van der Waals surface area contributed by atoms with E-state index in [1.807, 2.05) is 39.9 Å². The summed E-state index contributed by atoms with van der Waals surface area (Å²) in [6, 6.07) is 4.04. The highest BCUT2D eigenvalue weighted by atomic mass is 79.9. The minimum atomic E-state index is -2.47. The highest BCUT2D eigenvalue weighted by Gasteiger charge is 2.43. The number of rotatable bonds is 7. The van der Waals surface area contributed by atoms with Gasteiger partial charge < -0.3 is 25.1 Å². The number of hydrogen-bond donors (Lipinski definition) is 3. The Balaban J connectivity index is 1.85. The first-order chi connectivity index (χ1) is 18.0. The zero-order valence-corrected chi connectivity index (χ0v) is 26.2. The predicted molar refractivity (Wildman–Crippen MR) is 156 cm³/mol. The molecule has 12 heteroatoms. The quantitative estimate of drug-likeness (QED) is 0.267. The summed E-state index contributed by atoms with van der Waals surface area (Å²) in [4.78, 5) is 46.9. The monoisotopic (exact) mass is 623 g/mol. The Labute approximate surface area is 239 Å². The third kappa shape index (κ3) is 8.21. The normalized spacial score (nSPS) is 18.5. The number of carbonyl (C=O) groups is 2. The molecule has 2 aromatic heterocycles. The van der Waals surface area contributed by atoms with Crippen molar-refractivity contribution >= 4 is 47.6 Å². The number of aromatic nitrogens is 2. The number of nitrogens with zero attached hydrogens (tertiary/aromatic N) is 3. The summed E-state index contributed by atoms with van der Waals surface area (Å²) in [5.74, 6) is -0.945. The number of carbonyl (C=O) groups excluding carboxylic acids is 2. The van der Waals surface area contributed by atoms with Crippen LogP contribution in [0.2, 0.25) is 18.1 Å². The number of alkyl carbamates (subject to hydrolysis) is 1. The lowest BCUT2D eigenvalue weighted by Gasteiger charge is -2.45. The third-order valence-electron chi connectivity index (χ3n) is 7.31. The summed E-state index contributed by atoms with van der Waals surface area (Å²) in [5, 5.41) is 5.65. The lowest BCUT2D eigenvalue weighted by molar-refractivity contribution is 0.0474. The number of halogens is 2. The molecule has 0 radical (unpaired) electrons. The van der Waals surface area contributed by atoms with Gasteiger partial charge in [-0.1, -0.05) is 13.8 Å². The van der Waals surface area contributed by atoms with E-state index in [1.165, 1.54) is 12.1 Å². The van der Waals surface area contributed by atoms with E-state index in [0.29, 0.717) is 18.8 Å². The maximum Gasteiger partial charge on any atom is 0.407 e. The lowest BCUT2D eigenvalue weighted by Crippen LogP contribution is -2.55. The molecular weight excluding hydrogens is 585 g/mol. The summed E-state index contributed by atoms with van der Waals surface area (Å²) >= 11 is 3.01. The Morgan fingerprint density at radius 1 is 1.23 bits per heavy atom. The summed E-state index contributed by atoms with van der Waals surface area (Å²) in [5.41, 5.74) is 0.631. The standard InChI is InChI=1S/C27H39BrFN5O4Si/c1-26(2,3)38-25(36)33-21-16-34(13-11-17(21)14-27(4,5)39(6,7)37)22-10-12-30-15-20(22)32-24(35)19-9-8-18(29)23(28)31-19/h8-10,12,15,17,21,37H,11,13-14,16H2,1-7H3,(H,32,35)(H,33,36)/t17-,21?/m0/s1. The van der Waals surface area contributed by atoms with Gasteiger partial charge in [-0.15, -0.1) is 0 Å². The van der Waals surface area contributed by atoms with Crippen LogP contribution in [-0.4, -0.2) is 59.8 Å². The second kappa shape index (κ2) is 11.9. The average Bonchev–Trinajstić information content (AvgIpc) is 2.80. The van der Waals surface area contributed by atoms with Crippen molar-refractivity contribution in [1.82, 2.24) is 15.3 Å². The van der Waals surface area contributed by atoms with Crippen LogP contribution in [0.5, 0.6) is 0 Å². The fraction of sp³-hybridized carbons (Fsp3) is 0.556. The zero-order chi connectivity index (χ0) is 29.2. The number of pyridine rings is 2. The van der Waals surface area contributed by atoms with Crippen molar-refractivity contribution in [2.75, 3.05) is 23.3 Å². The van der Waals surface area contributed by atoms with Crippen molar-refractivity contribution in [3.63, 3.8) is 0 Å². The zero-order valence-electron chi connectivity index (χ0n) is 23.6. The van der Waals surface area contributed by atoms with Crippen molar-refractivity contribution in [3.05, 3.63) is 46.7 Å². The number of nitrogens with one attached hydrogen (secondary N) is 2. The molecule has 2 atom stereocenters. The second-order valence-corrected chi connectivity index (χ2v) is 17.4. The van der Waals surface area contributed by atoms with Crippen LogP contribution in [0.4, 0.5) is 20.6 Å². The molecule has 0 spiro atoms. The van der Waals surface area contributed by atoms with Gasteiger partial charge >= 0.3 is 6.09 Å². The molecule has 0 saturated carbocycles. The number of amides is 2. The van der Waals surface area contributed by atoms with Gasteiger partial charge in [-0.25, -0.2) is 14.2 Å². The van der Waals surface area contributed by atoms with Crippen LogP contribution in [0.25, 0.3) is 0 Å². The van der Waals surface area contributed by atoms with Crippen LogP contribution in [0.15, 0.2) is 35.2 Å². The van der Waals surface area contributed by atoms with Crippen molar-refractivity contribution in [2.24, 2.45) is 5.92 Å². The number of hydrogen-bond acceptors (Lipinski definition) is 7. The smallest absolute Gasteiger partial charge is 0.407 e. The van der Waals surface area contributed by atoms with Gasteiger partial charge in [0.25, 0.3) is 5.91 Å². The Morgan fingerprint density at radius 3 is 2.54 bits per heavy atom. The van der Waals surface area contributed by atoms with Crippen molar-refractivity contribution in [2.45, 2.75) is 77.2 Å². The van der Waals surface area contributed by atoms with E-state index in [2.05, 4.69) is 55.3 Å². The molecule has 1 unspecified atom stereocenters. The summed E-state index contributed by atoms with van der Waals surface area (Å²) in [6.07, 6.45) is 4.22. The highest BCUT2D eigenvalue weighted by Crippen LogP contribution is 2.44. The number of anilines is 2. The predicted octanol–water partition coefficient (Wildman–Crippen LogP) is 5.72. The molecule has 3 rings (SSSR count). The molecule has 1 aliphatic heterocycles.